The number of carboxylic acids is 1. The van der Waals surface area contributed by atoms with Gasteiger partial charge in [0, 0.05) is 17.7 Å². The zero-order valence-electron chi connectivity index (χ0n) is 17.7. The third-order valence-electron chi connectivity index (χ3n) is 5.14. The van der Waals surface area contributed by atoms with Crippen molar-refractivity contribution in [2.24, 2.45) is 0 Å². The highest BCUT2D eigenvalue weighted by atomic mass is 19.1. The van der Waals surface area contributed by atoms with Crippen molar-refractivity contribution in [2.45, 2.75) is 19.9 Å². The number of aryl methyl sites for hydroxylation is 3. The van der Waals surface area contributed by atoms with Crippen molar-refractivity contribution in [2.75, 3.05) is 6.61 Å². The fraction of sp³-hybridized carbons (Fsp3) is 0.154. The molecule has 0 bridgehead atoms. The van der Waals surface area contributed by atoms with E-state index in [0.29, 0.717) is 23.6 Å². The molecular weight excluding hydrogens is 407 g/mol. The minimum absolute atomic E-state index is 0.299. The second-order valence-corrected chi connectivity index (χ2v) is 7.56. The Morgan fingerprint density at radius 1 is 1.03 bits per heavy atom. The molecular formula is C26H23FN2O3. The Labute approximate surface area is 185 Å². The van der Waals surface area contributed by atoms with Crippen molar-refractivity contribution in [3.8, 4) is 28.3 Å². The van der Waals surface area contributed by atoms with Crippen LogP contribution in [-0.4, -0.2) is 27.5 Å². The fourth-order valence-electron chi connectivity index (χ4n) is 3.55. The highest BCUT2D eigenvalue weighted by Crippen LogP contribution is 2.33. The molecule has 32 heavy (non-hydrogen) atoms. The molecule has 0 spiro atoms. The summed E-state index contributed by atoms with van der Waals surface area (Å²) >= 11 is 0. The van der Waals surface area contributed by atoms with Crippen molar-refractivity contribution in [1.82, 2.24) is 9.78 Å². The third kappa shape index (κ3) is 5.03. The first-order valence-corrected chi connectivity index (χ1v) is 10.3. The average molecular weight is 430 g/mol. The third-order valence-corrected chi connectivity index (χ3v) is 5.14. The van der Waals surface area contributed by atoms with E-state index in [4.69, 9.17) is 14.9 Å². The molecule has 0 saturated carbocycles. The maximum Gasteiger partial charge on any atom is 0.341 e. The number of hydrogen-bond donors (Lipinski definition) is 1. The van der Waals surface area contributed by atoms with Gasteiger partial charge in [-0.15, -0.1) is 0 Å². The lowest BCUT2D eigenvalue weighted by Gasteiger charge is -2.09. The molecule has 0 unspecified atom stereocenters. The minimum Gasteiger partial charge on any atom is -0.481 e. The number of benzene rings is 3. The fourth-order valence-corrected chi connectivity index (χ4v) is 3.55. The molecule has 0 radical (unpaired) electrons. The first-order valence-electron chi connectivity index (χ1n) is 10.3. The van der Waals surface area contributed by atoms with Crippen LogP contribution in [-0.2, 0) is 17.8 Å². The molecule has 1 N–H and O–H groups in total. The molecule has 0 saturated heterocycles. The Bertz CT molecular complexity index is 1220. The summed E-state index contributed by atoms with van der Waals surface area (Å²) < 4.78 is 20.9. The van der Waals surface area contributed by atoms with Gasteiger partial charge in [-0.1, -0.05) is 36.4 Å². The van der Waals surface area contributed by atoms with Crippen LogP contribution in [0.15, 0.2) is 78.9 Å². The SMILES string of the molecule is Cc1ccc(-c2cc(-c3ccc(F)cc3)n(CCc3ccccc3)n2)c(OCC(=O)O)c1. The molecule has 0 aliphatic heterocycles. The summed E-state index contributed by atoms with van der Waals surface area (Å²) in [7, 11) is 0. The summed E-state index contributed by atoms with van der Waals surface area (Å²) in [5, 5.41) is 13.8. The summed E-state index contributed by atoms with van der Waals surface area (Å²) in [4.78, 5) is 11.0. The van der Waals surface area contributed by atoms with Crippen LogP contribution >= 0.6 is 0 Å². The lowest BCUT2D eigenvalue weighted by atomic mass is 10.1. The second-order valence-electron chi connectivity index (χ2n) is 7.56. The zero-order chi connectivity index (χ0) is 22.5. The van der Waals surface area contributed by atoms with Gasteiger partial charge in [-0.2, -0.15) is 5.10 Å². The Kier molecular flexibility index (Phi) is 6.31. The van der Waals surface area contributed by atoms with Crippen molar-refractivity contribution >= 4 is 5.97 Å². The molecule has 0 atom stereocenters. The number of aliphatic carboxylic acids is 1. The smallest absolute Gasteiger partial charge is 0.341 e. The lowest BCUT2D eigenvalue weighted by molar-refractivity contribution is -0.139. The second kappa shape index (κ2) is 9.47. The minimum atomic E-state index is -1.04. The number of hydrogen-bond acceptors (Lipinski definition) is 3. The van der Waals surface area contributed by atoms with Gasteiger partial charge in [0.15, 0.2) is 6.61 Å². The standard InChI is InChI=1S/C26H23FN2O3/c1-18-7-12-22(25(15-18)32-17-26(30)31)23-16-24(20-8-10-21(27)11-9-20)29(28-23)14-13-19-5-3-2-4-6-19/h2-12,15-16H,13-14,17H2,1H3,(H,30,31). The number of rotatable bonds is 8. The number of nitrogens with zero attached hydrogens (tertiary/aromatic N) is 2. The highest BCUT2D eigenvalue weighted by Gasteiger charge is 2.16. The quantitative estimate of drug-likeness (QED) is 0.408. The predicted octanol–water partition coefficient (Wildman–Crippen LogP) is 5.37. The van der Waals surface area contributed by atoms with Crippen molar-refractivity contribution in [3.05, 3.63) is 95.8 Å². The first kappa shape index (κ1) is 21.3. The maximum atomic E-state index is 13.5. The molecule has 162 valence electrons. The van der Waals surface area contributed by atoms with E-state index in [1.54, 1.807) is 18.2 Å². The molecule has 0 fully saturated rings. The van der Waals surface area contributed by atoms with Gasteiger partial charge < -0.3 is 9.84 Å². The van der Waals surface area contributed by atoms with Gasteiger partial charge in [0.2, 0.25) is 0 Å². The highest BCUT2D eigenvalue weighted by molar-refractivity contribution is 5.74. The molecule has 1 heterocycles. The Morgan fingerprint density at radius 2 is 1.78 bits per heavy atom. The van der Waals surface area contributed by atoms with Crippen LogP contribution < -0.4 is 4.74 Å². The summed E-state index contributed by atoms with van der Waals surface area (Å²) in [6, 6.07) is 24.0. The maximum absolute atomic E-state index is 13.5. The Balaban J connectivity index is 1.73. The van der Waals surface area contributed by atoms with E-state index in [1.165, 1.54) is 17.7 Å². The molecule has 0 aliphatic carbocycles. The van der Waals surface area contributed by atoms with Gasteiger partial charge in [-0.3, -0.25) is 4.68 Å². The van der Waals surface area contributed by atoms with Crippen LogP contribution in [0, 0.1) is 12.7 Å². The number of carbonyl (C=O) groups is 1. The Hall–Kier alpha value is -3.93. The molecule has 6 heteroatoms. The zero-order valence-corrected chi connectivity index (χ0v) is 17.7. The number of aromatic nitrogens is 2. The summed E-state index contributed by atoms with van der Waals surface area (Å²) in [6.07, 6.45) is 0.784. The molecule has 5 nitrogen and oxygen atoms in total. The predicted molar refractivity (Wildman–Crippen MR) is 121 cm³/mol. The molecule has 0 aliphatic rings. The van der Waals surface area contributed by atoms with E-state index in [0.717, 1.165) is 23.2 Å². The normalized spacial score (nSPS) is 10.8. The van der Waals surface area contributed by atoms with Crippen molar-refractivity contribution in [3.63, 3.8) is 0 Å². The van der Waals surface area contributed by atoms with E-state index in [9.17, 15) is 9.18 Å². The van der Waals surface area contributed by atoms with E-state index in [-0.39, 0.29) is 5.82 Å². The summed E-state index contributed by atoms with van der Waals surface area (Å²) in [6.45, 7) is 2.11. The molecule has 4 aromatic rings. The van der Waals surface area contributed by atoms with Gasteiger partial charge in [0.1, 0.15) is 11.6 Å². The van der Waals surface area contributed by atoms with Crippen LogP contribution in [0.5, 0.6) is 5.75 Å². The van der Waals surface area contributed by atoms with E-state index in [2.05, 4.69) is 12.1 Å². The number of carboxylic acid groups (broad SMARTS) is 1. The van der Waals surface area contributed by atoms with Crippen LogP contribution in [0.4, 0.5) is 4.39 Å². The van der Waals surface area contributed by atoms with E-state index >= 15 is 0 Å². The Morgan fingerprint density at radius 3 is 2.50 bits per heavy atom. The summed E-state index contributed by atoms with van der Waals surface area (Å²) in [5.74, 6) is -0.879. The monoisotopic (exact) mass is 430 g/mol. The average Bonchev–Trinajstić information content (AvgIpc) is 3.21. The van der Waals surface area contributed by atoms with Crippen LogP contribution in [0.2, 0.25) is 0 Å². The van der Waals surface area contributed by atoms with Crippen molar-refractivity contribution < 1.29 is 19.0 Å². The first-order chi connectivity index (χ1) is 15.5. The topological polar surface area (TPSA) is 64.4 Å². The number of ether oxygens (including phenoxy) is 1. The van der Waals surface area contributed by atoms with Crippen molar-refractivity contribution in [1.29, 1.82) is 0 Å². The van der Waals surface area contributed by atoms with Gasteiger partial charge in [0.25, 0.3) is 0 Å². The molecule has 1 aromatic heterocycles. The van der Waals surface area contributed by atoms with Gasteiger partial charge in [-0.05, 0) is 66.9 Å². The van der Waals surface area contributed by atoms with Gasteiger partial charge in [-0.25, -0.2) is 9.18 Å². The van der Waals surface area contributed by atoms with E-state index < -0.39 is 12.6 Å². The summed E-state index contributed by atoms with van der Waals surface area (Å²) in [5.41, 5.74) is 5.21. The van der Waals surface area contributed by atoms with Gasteiger partial charge in [0.05, 0.1) is 11.4 Å². The lowest BCUT2D eigenvalue weighted by Crippen LogP contribution is -2.10. The molecule has 4 rings (SSSR count). The van der Waals surface area contributed by atoms with Crippen LogP contribution in [0.1, 0.15) is 11.1 Å². The van der Waals surface area contributed by atoms with Gasteiger partial charge >= 0.3 is 5.97 Å². The number of halogens is 1. The largest absolute Gasteiger partial charge is 0.481 e. The van der Waals surface area contributed by atoms with E-state index in [1.807, 2.05) is 48.0 Å². The van der Waals surface area contributed by atoms with Crippen LogP contribution in [0.3, 0.4) is 0 Å². The molecule has 3 aromatic carbocycles. The van der Waals surface area contributed by atoms with Crippen LogP contribution in [0.25, 0.3) is 22.5 Å². The molecule has 0 amide bonds.